The SMILES string of the molecule is CCc1ccc(C2CC(c3cc(-c4cccc(OC(F)(F)F)c4)n[nH]3)CN(C(=O)N3CCOCC3)C2)cc1. The molecule has 0 spiro atoms. The van der Waals surface area contributed by atoms with Crippen molar-refractivity contribution in [2.24, 2.45) is 0 Å². The summed E-state index contributed by atoms with van der Waals surface area (Å²) >= 11 is 0. The molecule has 0 saturated carbocycles. The van der Waals surface area contributed by atoms with Crippen LogP contribution in [-0.4, -0.2) is 71.8 Å². The van der Waals surface area contributed by atoms with Crippen molar-refractivity contribution >= 4 is 6.03 Å². The molecule has 0 aliphatic carbocycles. The van der Waals surface area contributed by atoms with Crippen molar-refractivity contribution in [3.63, 3.8) is 0 Å². The number of carbonyl (C=O) groups excluding carboxylic acids is 1. The van der Waals surface area contributed by atoms with E-state index in [1.807, 2.05) is 15.9 Å². The van der Waals surface area contributed by atoms with E-state index in [0.717, 1.165) is 18.5 Å². The number of alkyl halides is 3. The van der Waals surface area contributed by atoms with Gasteiger partial charge in [-0.3, -0.25) is 5.10 Å². The Morgan fingerprint density at radius 2 is 1.79 bits per heavy atom. The van der Waals surface area contributed by atoms with Crippen molar-refractivity contribution in [3.8, 4) is 17.0 Å². The zero-order chi connectivity index (χ0) is 26.7. The van der Waals surface area contributed by atoms with Crippen molar-refractivity contribution in [1.29, 1.82) is 0 Å². The van der Waals surface area contributed by atoms with Gasteiger partial charge in [-0.25, -0.2) is 4.79 Å². The number of urea groups is 1. The Bertz CT molecular complexity index is 1240. The number of halogens is 3. The molecule has 202 valence electrons. The van der Waals surface area contributed by atoms with Crippen molar-refractivity contribution in [3.05, 3.63) is 71.4 Å². The number of rotatable bonds is 5. The van der Waals surface area contributed by atoms with Crippen molar-refractivity contribution in [2.45, 2.75) is 38.0 Å². The van der Waals surface area contributed by atoms with Gasteiger partial charge in [0.1, 0.15) is 5.75 Å². The monoisotopic (exact) mass is 528 g/mol. The highest BCUT2D eigenvalue weighted by atomic mass is 19.4. The van der Waals surface area contributed by atoms with Gasteiger partial charge in [0.2, 0.25) is 0 Å². The van der Waals surface area contributed by atoms with E-state index in [2.05, 4.69) is 46.1 Å². The molecule has 1 N–H and O–H groups in total. The zero-order valence-corrected chi connectivity index (χ0v) is 21.2. The van der Waals surface area contributed by atoms with Crippen LogP contribution in [-0.2, 0) is 11.2 Å². The summed E-state index contributed by atoms with van der Waals surface area (Å²) in [5.41, 5.74) is 4.32. The highest BCUT2D eigenvalue weighted by Gasteiger charge is 2.35. The van der Waals surface area contributed by atoms with Crippen LogP contribution in [0.4, 0.5) is 18.0 Å². The van der Waals surface area contributed by atoms with Gasteiger partial charge in [-0.15, -0.1) is 13.2 Å². The van der Waals surface area contributed by atoms with Crippen LogP contribution in [0.1, 0.15) is 42.0 Å². The van der Waals surface area contributed by atoms with E-state index in [0.29, 0.717) is 50.7 Å². The lowest BCUT2D eigenvalue weighted by Crippen LogP contribution is -2.52. The number of benzene rings is 2. The lowest BCUT2D eigenvalue weighted by molar-refractivity contribution is -0.274. The van der Waals surface area contributed by atoms with Crippen LogP contribution in [0.5, 0.6) is 5.75 Å². The van der Waals surface area contributed by atoms with Crippen LogP contribution in [0.3, 0.4) is 0 Å². The lowest BCUT2D eigenvalue weighted by Gasteiger charge is -2.41. The fourth-order valence-electron chi connectivity index (χ4n) is 5.25. The molecule has 2 aliphatic rings. The van der Waals surface area contributed by atoms with Gasteiger partial charge in [0.15, 0.2) is 0 Å². The second kappa shape index (κ2) is 11.1. The van der Waals surface area contributed by atoms with Gasteiger partial charge >= 0.3 is 12.4 Å². The topological polar surface area (TPSA) is 70.7 Å². The van der Waals surface area contributed by atoms with Gasteiger partial charge < -0.3 is 19.3 Å². The molecule has 2 amide bonds. The first-order valence-corrected chi connectivity index (χ1v) is 12.9. The normalized spacial score (nSPS) is 20.4. The number of likely N-dealkylation sites (tertiary alicyclic amines) is 1. The minimum atomic E-state index is -4.77. The Morgan fingerprint density at radius 1 is 1.05 bits per heavy atom. The number of aromatic amines is 1. The average Bonchev–Trinajstić information content (AvgIpc) is 3.43. The molecule has 1 aromatic heterocycles. The van der Waals surface area contributed by atoms with E-state index in [1.165, 1.54) is 29.3 Å². The number of nitrogens with zero attached hydrogens (tertiary/aromatic N) is 3. The molecule has 10 heteroatoms. The molecular weight excluding hydrogens is 497 g/mol. The first kappa shape index (κ1) is 26.1. The number of aromatic nitrogens is 2. The molecule has 3 aromatic rings. The van der Waals surface area contributed by atoms with Gasteiger partial charge in [-0.1, -0.05) is 43.3 Å². The van der Waals surface area contributed by atoms with E-state index in [9.17, 15) is 18.0 Å². The van der Waals surface area contributed by atoms with Crippen LogP contribution in [0, 0.1) is 0 Å². The molecule has 5 rings (SSSR count). The Morgan fingerprint density at radius 3 is 2.50 bits per heavy atom. The van der Waals surface area contributed by atoms with Gasteiger partial charge in [-0.2, -0.15) is 5.10 Å². The number of hydrogen-bond donors (Lipinski definition) is 1. The molecule has 2 fully saturated rings. The minimum Gasteiger partial charge on any atom is -0.406 e. The van der Waals surface area contributed by atoms with Crippen LogP contribution in [0.25, 0.3) is 11.3 Å². The number of carbonyl (C=O) groups is 1. The summed E-state index contributed by atoms with van der Waals surface area (Å²) in [5, 5.41) is 7.47. The summed E-state index contributed by atoms with van der Waals surface area (Å²) in [7, 11) is 0. The van der Waals surface area contributed by atoms with Crippen molar-refractivity contribution in [2.75, 3.05) is 39.4 Å². The minimum absolute atomic E-state index is 0.00455. The van der Waals surface area contributed by atoms with E-state index >= 15 is 0 Å². The summed E-state index contributed by atoms with van der Waals surface area (Å²) in [6, 6.07) is 16.2. The summed E-state index contributed by atoms with van der Waals surface area (Å²) < 4.78 is 47.6. The van der Waals surface area contributed by atoms with E-state index < -0.39 is 6.36 Å². The second-order valence-corrected chi connectivity index (χ2v) is 9.80. The van der Waals surface area contributed by atoms with Gasteiger partial charge in [0.05, 0.1) is 18.9 Å². The van der Waals surface area contributed by atoms with Gasteiger partial charge in [0.25, 0.3) is 0 Å². The first-order valence-electron chi connectivity index (χ1n) is 12.9. The zero-order valence-electron chi connectivity index (χ0n) is 21.2. The number of ether oxygens (including phenoxy) is 2. The van der Waals surface area contributed by atoms with Crippen LogP contribution < -0.4 is 4.74 Å². The summed E-state index contributed by atoms with van der Waals surface area (Å²) in [6.45, 7) is 5.47. The predicted octanol–water partition coefficient (Wildman–Crippen LogP) is 5.56. The molecule has 2 atom stereocenters. The van der Waals surface area contributed by atoms with Crippen molar-refractivity contribution < 1.29 is 27.4 Å². The smallest absolute Gasteiger partial charge is 0.406 e. The maximum Gasteiger partial charge on any atom is 0.573 e. The summed E-state index contributed by atoms with van der Waals surface area (Å²) in [6.07, 6.45) is -2.99. The molecule has 38 heavy (non-hydrogen) atoms. The maximum absolute atomic E-state index is 13.5. The van der Waals surface area contributed by atoms with Gasteiger partial charge in [0, 0.05) is 49.3 Å². The fraction of sp³-hybridized carbons (Fsp3) is 0.429. The van der Waals surface area contributed by atoms with Gasteiger partial charge in [-0.05, 0) is 42.2 Å². The highest BCUT2D eigenvalue weighted by molar-refractivity contribution is 5.75. The van der Waals surface area contributed by atoms with Crippen LogP contribution in [0.15, 0.2) is 54.6 Å². The standard InChI is InChI=1S/C28H31F3N4O3/c1-2-19-6-8-20(9-7-19)22-14-23(18-35(17-22)27(36)34-10-12-37-13-11-34)26-16-25(32-33-26)21-4-3-5-24(15-21)38-28(29,30)31/h3-9,15-16,22-23H,2,10-14,17-18H2,1H3,(H,32,33). The van der Waals surface area contributed by atoms with Crippen LogP contribution >= 0.6 is 0 Å². The summed E-state index contributed by atoms with van der Waals surface area (Å²) in [4.78, 5) is 17.2. The molecule has 7 nitrogen and oxygen atoms in total. The number of hydrogen-bond acceptors (Lipinski definition) is 4. The lowest BCUT2D eigenvalue weighted by atomic mass is 9.82. The molecular formula is C28H31F3N4O3. The molecule has 2 saturated heterocycles. The highest BCUT2D eigenvalue weighted by Crippen LogP contribution is 2.37. The third-order valence-corrected chi connectivity index (χ3v) is 7.26. The quantitative estimate of drug-likeness (QED) is 0.471. The number of amides is 2. The molecule has 2 aliphatic heterocycles. The Balaban J connectivity index is 1.39. The first-order chi connectivity index (χ1) is 18.3. The second-order valence-electron chi connectivity index (χ2n) is 9.80. The number of aryl methyl sites for hydroxylation is 1. The average molecular weight is 529 g/mol. The molecule has 2 aromatic carbocycles. The fourth-order valence-corrected chi connectivity index (χ4v) is 5.25. The Labute approximate surface area is 219 Å². The predicted molar refractivity (Wildman–Crippen MR) is 136 cm³/mol. The Hall–Kier alpha value is -3.53. The molecule has 2 unspecified atom stereocenters. The van der Waals surface area contributed by atoms with E-state index in [-0.39, 0.29) is 23.6 Å². The third kappa shape index (κ3) is 6.12. The number of piperidine rings is 1. The van der Waals surface area contributed by atoms with Crippen molar-refractivity contribution in [1.82, 2.24) is 20.0 Å². The molecule has 3 heterocycles. The Kier molecular flexibility index (Phi) is 7.60. The number of H-pyrrole nitrogens is 1. The number of morpholine rings is 1. The third-order valence-electron chi connectivity index (χ3n) is 7.26. The van der Waals surface area contributed by atoms with E-state index in [1.54, 1.807) is 6.07 Å². The van der Waals surface area contributed by atoms with E-state index in [4.69, 9.17) is 4.74 Å². The molecule has 0 bridgehead atoms. The maximum atomic E-state index is 13.5. The largest absolute Gasteiger partial charge is 0.573 e. The molecule has 0 radical (unpaired) electrons. The van der Waals surface area contributed by atoms with Crippen LogP contribution in [0.2, 0.25) is 0 Å². The summed E-state index contributed by atoms with van der Waals surface area (Å²) in [5.74, 6) is -0.171. The number of nitrogens with one attached hydrogen (secondary N) is 1.